The van der Waals surface area contributed by atoms with Crippen molar-refractivity contribution in [3.63, 3.8) is 0 Å². The standard InChI is InChI=1S/C8H13NO4/c1-5(13-3)7(4-8(11)12)9-6(2)10/h7H,1,4H2,2-3H3,(H,9,10)(H,11,12)/t7-/m0/s1. The van der Waals surface area contributed by atoms with Crippen LogP contribution in [0.25, 0.3) is 0 Å². The molecule has 0 spiro atoms. The maximum Gasteiger partial charge on any atom is 0.305 e. The van der Waals surface area contributed by atoms with Gasteiger partial charge in [-0.05, 0) is 0 Å². The number of ether oxygens (including phenoxy) is 1. The zero-order valence-corrected chi connectivity index (χ0v) is 7.66. The number of carboxylic acids is 1. The summed E-state index contributed by atoms with van der Waals surface area (Å²) in [5.74, 6) is -1.10. The number of carbonyl (C=O) groups excluding carboxylic acids is 1. The Kier molecular flexibility index (Phi) is 4.58. The van der Waals surface area contributed by atoms with E-state index in [1.165, 1.54) is 14.0 Å². The maximum absolute atomic E-state index is 10.7. The number of methoxy groups -OCH3 is 1. The second-order valence-electron chi connectivity index (χ2n) is 2.52. The van der Waals surface area contributed by atoms with E-state index < -0.39 is 12.0 Å². The van der Waals surface area contributed by atoms with Gasteiger partial charge in [-0.15, -0.1) is 0 Å². The third-order valence-electron chi connectivity index (χ3n) is 1.41. The summed E-state index contributed by atoms with van der Waals surface area (Å²) in [6, 6.07) is -0.667. The lowest BCUT2D eigenvalue weighted by Crippen LogP contribution is -2.36. The van der Waals surface area contributed by atoms with E-state index in [0.717, 1.165) is 0 Å². The van der Waals surface area contributed by atoms with E-state index in [1.807, 2.05) is 0 Å². The van der Waals surface area contributed by atoms with Crippen molar-refractivity contribution in [1.29, 1.82) is 0 Å². The van der Waals surface area contributed by atoms with E-state index >= 15 is 0 Å². The Morgan fingerprint density at radius 3 is 2.46 bits per heavy atom. The molecule has 0 aromatic heterocycles. The van der Waals surface area contributed by atoms with Crippen LogP contribution in [0.5, 0.6) is 0 Å². The van der Waals surface area contributed by atoms with Crippen LogP contribution in [0.4, 0.5) is 0 Å². The van der Waals surface area contributed by atoms with Gasteiger partial charge in [0.05, 0.1) is 19.6 Å². The second kappa shape index (κ2) is 5.18. The molecule has 1 amide bonds. The monoisotopic (exact) mass is 187 g/mol. The molecule has 0 heterocycles. The first-order valence-electron chi connectivity index (χ1n) is 3.69. The number of amides is 1. The minimum Gasteiger partial charge on any atom is -0.500 e. The van der Waals surface area contributed by atoms with Gasteiger partial charge in [-0.3, -0.25) is 9.59 Å². The molecule has 0 aromatic carbocycles. The summed E-state index contributed by atoms with van der Waals surface area (Å²) >= 11 is 0. The smallest absolute Gasteiger partial charge is 0.305 e. The fourth-order valence-corrected chi connectivity index (χ4v) is 0.808. The molecule has 0 aliphatic heterocycles. The predicted molar refractivity (Wildman–Crippen MR) is 46.0 cm³/mol. The van der Waals surface area contributed by atoms with Crippen LogP contribution in [0, 0.1) is 0 Å². The molecule has 0 saturated heterocycles. The molecule has 0 aliphatic rings. The predicted octanol–water partition coefficient (Wildman–Crippen LogP) is 0.126. The Labute approximate surface area is 76.4 Å². The number of rotatable bonds is 5. The van der Waals surface area contributed by atoms with Gasteiger partial charge in [-0.25, -0.2) is 0 Å². The average Bonchev–Trinajstić information content (AvgIpc) is 2.00. The lowest BCUT2D eigenvalue weighted by Gasteiger charge is -2.16. The van der Waals surface area contributed by atoms with Crippen LogP contribution < -0.4 is 5.32 Å². The first kappa shape index (κ1) is 11.5. The normalized spacial score (nSPS) is 11.5. The van der Waals surface area contributed by atoms with Gasteiger partial charge >= 0.3 is 5.97 Å². The Morgan fingerprint density at radius 1 is 1.62 bits per heavy atom. The first-order chi connectivity index (χ1) is 5.97. The number of hydrogen-bond donors (Lipinski definition) is 2. The summed E-state index contributed by atoms with van der Waals surface area (Å²) in [5.41, 5.74) is 0. The molecule has 0 aliphatic carbocycles. The van der Waals surface area contributed by atoms with E-state index in [1.54, 1.807) is 0 Å². The first-order valence-corrected chi connectivity index (χ1v) is 3.69. The summed E-state index contributed by atoms with van der Waals surface area (Å²) in [4.78, 5) is 21.0. The molecule has 74 valence electrons. The average molecular weight is 187 g/mol. The highest BCUT2D eigenvalue weighted by molar-refractivity contribution is 5.75. The van der Waals surface area contributed by atoms with Crippen molar-refractivity contribution in [2.45, 2.75) is 19.4 Å². The maximum atomic E-state index is 10.7. The lowest BCUT2D eigenvalue weighted by atomic mass is 10.2. The molecule has 0 fully saturated rings. The van der Waals surface area contributed by atoms with Crippen molar-refractivity contribution < 1.29 is 19.4 Å². The Balaban J connectivity index is 4.26. The summed E-state index contributed by atoms with van der Waals surface area (Å²) in [7, 11) is 1.37. The molecule has 0 bridgehead atoms. The van der Waals surface area contributed by atoms with E-state index in [-0.39, 0.29) is 18.1 Å². The Bertz CT molecular complexity index is 208. The quantitative estimate of drug-likeness (QED) is 0.600. The van der Waals surface area contributed by atoms with E-state index in [2.05, 4.69) is 11.9 Å². The molecule has 13 heavy (non-hydrogen) atoms. The van der Waals surface area contributed by atoms with Gasteiger partial charge in [-0.1, -0.05) is 6.58 Å². The van der Waals surface area contributed by atoms with Crippen molar-refractivity contribution in [3.8, 4) is 0 Å². The lowest BCUT2D eigenvalue weighted by molar-refractivity contribution is -0.137. The number of carbonyl (C=O) groups is 2. The van der Waals surface area contributed by atoms with Crippen LogP contribution in [0.2, 0.25) is 0 Å². The summed E-state index contributed by atoms with van der Waals surface area (Å²) in [5, 5.41) is 10.9. The van der Waals surface area contributed by atoms with Crippen molar-refractivity contribution in [1.82, 2.24) is 5.32 Å². The van der Waals surface area contributed by atoms with Crippen LogP contribution in [-0.4, -0.2) is 30.1 Å². The highest BCUT2D eigenvalue weighted by atomic mass is 16.5. The fraction of sp³-hybridized carbons (Fsp3) is 0.500. The van der Waals surface area contributed by atoms with Gasteiger partial charge in [0.1, 0.15) is 5.76 Å². The van der Waals surface area contributed by atoms with Crippen LogP contribution >= 0.6 is 0 Å². The van der Waals surface area contributed by atoms with Gasteiger partial charge in [0.2, 0.25) is 5.91 Å². The van der Waals surface area contributed by atoms with Crippen LogP contribution in [-0.2, 0) is 14.3 Å². The van der Waals surface area contributed by atoms with Crippen LogP contribution in [0.3, 0.4) is 0 Å². The van der Waals surface area contributed by atoms with Gasteiger partial charge in [0.25, 0.3) is 0 Å². The van der Waals surface area contributed by atoms with Gasteiger partial charge in [0, 0.05) is 6.92 Å². The van der Waals surface area contributed by atoms with Gasteiger partial charge in [0.15, 0.2) is 0 Å². The largest absolute Gasteiger partial charge is 0.500 e. The number of nitrogens with one attached hydrogen (secondary N) is 1. The molecule has 5 nitrogen and oxygen atoms in total. The molecule has 5 heteroatoms. The van der Waals surface area contributed by atoms with Crippen molar-refractivity contribution in [3.05, 3.63) is 12.3 Å². The van der Waals surface area contributed by atoms with E-state index in [4.69, 9.17) is 9.84 Å². The summed E-state index contributed by atoms with van der Waals surface area (Å²) in [6.07, 6.45) is -0.230. The molecule has 2 N–H and O–H groups in total. The molecule has 0 saturated carbocycles. The Hall–Kier alpha value is -1.52. The topological polar surface area (TPSA) is 75.6 Å². The zero-order chi connectivity index (χ0) is 10.4. The molecule has 0 radical (unpaired) electrons. The Morgan fingerprint density at radius 2 is 2.15 bits per heavy atom. The molecule has 0 aromatic rings. The second-order valence-corrected chi connectivity index (χ2v) is 2.52. The minimum atomic E-state index is -1.02. The minimum absolute atomic E-state index is 0.230. The van der Waals surface area contributed by atoms with Crippen molar-refractivity contribution in [2.24, 2.45) is 0 Å². The van der Waals surface area contributed by atoms with Crippen molar-refractivity contribution >= 4 is 11.9 Å². The number of aliphatic carboxylic acids is 1. The van der Waals surface area contributed by atoms with E-state index in [9.17, 15) is 9.59 Å². The molecular weight excluding hydrogens is 174 g/mol. The third-order valence-corrected chi connectivity index (χ3v) is 1.41. The fourth-order valence-electron chi connectivity index (χ4n) is 0.808. The number of carboxylic acid groups (broad SMARTS) is 1. The van der Waals surface area contributed by atoms with Crippen molar-refractivity contribution in [2.75, 3.05) is 7.11 Å². The highest BCUT2D eigenvalue weighted by Gasteiger charge is 2.17. The SMILES string of the molecule is C=C(OC)[C@H](CC(=O)O)NC(C)=O. The zero-order valence-electron chi connectivity index (χ0n) is 7.66. The third kappa shape index (κ3) is 4.84. The number of hydrogen-bond acceptors (Lipinski definition) is 3. The molecular formula is C8H13NO4. The molecule has 1 atom stereocenters. The molecule has 0 rings (SSSR count). The summed E-state index contributed by atoms with van der Waals surface area (Å²) < 4.78 is 4.74. The van der Waals surface area contributed by atoms with Crippen LogP contribution in [0.1, 0.15) is 13.3 Å². The molecule has 0 unspecified atom stereocenters. The highest BCUT2D eigenvalue weighted by Crippen LogP contribution is 2.04. The van der Waals surface area contributed by atoms with E-state index in [0.29, 0.717) is 0 Å². The van der Waals surface area contributed by atoms with Gasteiger partial charge < -0.3 is 15.2 Å². The van der Waals surface area contributed by atoms with Gasteiger partial charge in [-0.2, -0.15) is 0 Å². The summed E-state index contributed by atoms with van der Waals surface area (Å²) in [6.45, 7) is 4.78. The van der Waals surface area contributed by atoms with Crippen LogP contribution in [0.15, 0.2) is 12.3 Å².